The molecule has 2 aromatic carbocycles. The summed E-state index contributed by atoms with van der Waals surface area (Å²) in [6, 6.07) is 17.4. The van der Waals surface area contributed by atoms with Crippen molar-refractivity contribution in [2.45, 2.75) is 25.1 Å². The molecule has 1 aliphatic rings. The highest BCUT2D eigenvalue weighted by Gasteiger charge is 2.32. The molecular weight excluding hydrogens is 314 g/mol. The average molecular weight is 333 g/mol. The lowest BCUT2D eigenvalue weighted by molar-refractivity contribution is 0.0858. The molecule has 0 saturated heterocycles. The van der Waals surface area contributed by atoms with Gasteiger partial charge in [-0.15, -0.1) is 0 Å². The number of rotatable bonds is 4. The zero-order valence-electron chi connectivity index (χ0n) is 13.7. The number of nitrogens with zero attached hydrogens (tertiary/aromatic N) is 2. The van der Waals surface area contributed by atoms with E-state index in [1.54, 1.807) is 17.1 Å². The van der Waals surface area contributed by atoms with E-state index in [2.05, 4.69) is 10.4 Å². The van der Waals surface area contributed by atoms with Crippen LogP contribution >= 0.6 is 0 Å². The molecule has 126 valence electrons. The second-order valence-electron chi connectivity index (χ2n) is 6.33. The van der Waals surface area contributed by atoms with Crippen molar-refractivity contribution >= 4 is 5.91 Å². The van der Waals surface area contributed by atoms with Gasteiger partial charge in [0.05, 0.1) is 30.5 Å². The molecule has 1 amide bonds. The lowest BCUT2D eigenvalue weighted by Crippen LogP contribution is -2.33. The number of aliphatic hydroxyl groups is 1. The van der Waals surface area contributed by atoms with Gasteiger partial charge in [-0.3, -0.25) is 9.48 Å². The molecule has 0 radical (unpaired) electrons. The van der Waals surface area contributed by atoms with Crippen molar-refractivity contribution in [2.75, 3.05) is 0 Å². The van der Waals surface area contributed by atoms with E-state index >= 15 is 0 Å². The number of nitrogens with one attached hydrogen (secondary N) is 1. The fraction of sp³-hybridized carbons (Fsp3) is 0.200. The Kier molecular flexibility index (Phi) is 4.07. The van der Waals surface area contributed by atoms with Crippen LogP contribution in [0, 0.1) is 0 Å². The molecule has 0 bridgehead atoms. The Labute approximate surface area is 145 Å². The van der Waals surface area contributed by atoms with Crippen LogP contribution in [-0.2, 0) is 13.0 Å². The van der Waals surface area contributed by atoms with Gasteiger partial charge in [0.1, 0.15) is 0 Å². The van der Waals surface area contributed by atoms with Crippen molar-refractivity contribution < 1.29 is 9.90 Å². The van der Waals surface area contributed by atoms with Crippen molar-refractivity contribution in [1.82, 2.24) is 15.1 Å². The van der Waals surface area contributed by atoms with Crippen LogP contribution in [-0.4, -0.2) is 26.9 Å². The molecule has 2 atom stereocenters. The molecule has 1 aromatic heterocycles. The van der Waals surface area contributed by atoms with Gasteiger partial charge in [0, 0.05) is 12.6 Å². The van der Waals surface area contributed by atoms with Gasteiger partial charge in [-0.05, 0) is 16.7 Å². The first-order valence-electron chi connectivity index (χ1n) is 8.34. The molecule has 0 unspecified atom stereocenters. The van der Waals surface area contributed by atoms with Gasteiger partial charge in [-0.25, -0.2) is 0 Å². The maximum absolute atomic E-state index is 12.5. The predicted octanol–water partition coefficient (Wildman–Crippen LogP) is 2.32. The van der Waals surface area contributed by atoms with E-state index in [9.17, 15) is 9.90 Å². The molecule has 5 nitrogen and oxygen atoms in total. The topological polar surface area (TPSA) is 67.2 Å². The zero-order chi connectivity index (χ0) is 17.2. The lowest BCUT2D eigenvalue weighted by atomic mass is 10.1. The lowest BCUT2D eigenvalue weighted by Gasteiger charge is -2.17. The fourth-order valence-electron chi connectivity index (χ4n) is 3.31. The van der Waals surface area contributed by atoms with Crippen LogP contribution in [0.3, 0.4) is 0 Å². The average Bonchev–Trinajstić information content (AvgIpc) is 3.21. The third-order valence-corrected chi connectivity index (χ3v) is 4.57. The quantitative estimate of drug-likeness (QED) is 0.770. The summed E-state index contributed by atoms with van der Waals surface area (Å²) in [5.41, 5.74) is 3.69. The van der Waals surface area contributed by atoms with Crippen LogP contribution in [0.15, 0.2) is 67.0 Å². The Balaban J connectivity index is 1.47. The van der Waals surface area contributed by atoms with Gasteiger partial charge in [-0.1, -0.05) is 54.6 Å². The number of carbonyl (C=O) groups is 1. The van der Waals surface area contributed by atoms with E-state index in [0.29, 0.717) is 18.5 Å². The number of aromatic nitrogens is 2. The highest BCUT2D eigenvalue weighted by atomic mass is 16.3. The SMILES string of the molecule is O=C(N[C@@H]1c2ccccc2C[C@@H]1O)c1cnn(Cc2ccccc2)c1. The van der Waals surface area contributed by atoms with E-state index in [4.69, 9.17) is 0 Å². The van der Waals surface area contributed by atoms with Gasteiger partial charge in [0.15, 0.2) is 0 Å². The molecule has 1 heterocycles. The molecule has 0 saturated carbocycles. The van der Waals surface area contributed by atoms with Crippen LogP contribution in [0.25, 0.3) is 0 Å². The third-order valence-electron chi connectivity index (χ3n) is 4.57. The number of hydrogen-bond acceptors (Lipinski definition) is 3. The molecule has 0 fully saturated rings. The molecule has 1 aliphatic carbocycles. The minimum atomic E-state index is -0.597. The largest absolute Gasteiger partial charge is 0.390 e. The molecule has 0 spiro atoms. The minimum absolute atomic E-state index is 0.222. The van der Waals surface area contributed by atoms with Gasteiger partial charge in [0.2, 0.25) is 0 Å². The Hall–Kier alpha value is -2.92. The minimum Gasteiger partial charge on any atom is -0.390 e. The van der Waals surface area contributed by atoms with E-state index < -0.39 is 6.10 Å². The smallest absolute Gasteiger partial charge is 0.255 e. The first-order chi connectivity index (χ1) is 12.2. The number of hydrogen-bond donors (Lipinski definition) is 2. The second-order valence-corrected chi connectivity index (χ2v) is 6.33. The third kappa shape index (κ3) is 3.19. The molecule has 3 aromatic rings. The maximum Gasteiger partial charge on any atom is 0.255 e. The van der Waals surface area contributed by atoms with Gasteiger partial charge >= 0.3 is 0 Å². The van der Waals surface area contributed by atoms with E-state index in [0.717, 1.165) is 16.7 Å². The normalized spacial score (nSPS) is 18.8. The van der Waals surface area contributed by atoms with Gasteiger partial charge in [0.25, 0.3) is 5.91 Å². The number of amides is 1. The summed E-state index contributed by atoms with van der Waals surface area (Å²) in [5.74, 6) is -0.222. The molecule has 25 heavy (non-hydrogen) atoms. The molecular formula is C20H19N3O2. The summed E-state index contributed by atoms with van der Waals surface area (Å²) in [4.78, 5) is 12.5. The van der Waals surface area contributed by atoms with E-state index in [-0.39, 0.29) is 11.9 Å². The van der Waals surface area contributed by atoms with Crippen molar-refractivity contribution in [3.8, 4) is 0 Å². The van der Waals surface area contributed by atoms with Crippen LogP contribution < -0.4 is 5.32 Å². The van der Waals surface area contributed by atoms with E-state index in [1.807, 2.05) is 54.6 Å². The summed E-state index contributed by atoms with van der Waals surface area (Å²) in [6.45, 7) is 0.614. The predicted molar refractivity (Wildman–Crippen MR) is 94.1 cm³/mol. The molecule has 4 rings (SSSR count). The second kappa shape index (κ2) is 6.53. The summed E-state index contributed by atoms with van der Waals surface area (Å²) in [6.07, 6.45) is 3.26. The molecule has 0 aliphatic heterocycles. The molecule has 5 heteroatoms. The van der Waals surface area contributed by atoms with Gasteiger partial charge in [-0.2, -0.15) is 5.10 Å². The zero-order valence-corrected chi connectivity index (χ0v) is 13.7. The van der Waals surface area contributed by atoms with Crippen molar-refractivity contribution in [3.63, 3.8) is 0 Å². The standard InChI is InChI=1S/C20H19N3O2/c24-18-10-15-8-4-5-9-17(15)19(18)22-20(25)16-11-21-23(13-16)12-14-6-2-1-3-7-14/h1-9,11,13,18-19,24H,10,12H2,(H,22,25)/t18-,19+/m0/s1. The fourth-order valence-corrected chi connectivity index (χ4v) is 3.31. The number of carbonyl (C=O) groups excluding carboxylic acids is 1. The Bertz CT molecular complexity index is 889. The number of fused-ring (bicyclic) bond motifs is 1. The van der Waals surface area contributed by atoms with Crippen molar-refractivity contribution in [2.24, 2.45) is 0 Å². The summed E-state index contributed by atoms with van der Waals surface area (Å²) >= 11 is 0. The van der Waals surface area contributed by atoms with Crippen molar-refractivity contribution in [1.29, 1.82) is 0 Å². The molecule has 2 N–H and O–H groups in total. The monoisotopic (exact) mass is 333 g/mol. The highest BCUT2D eigenvalue weighted by molar-refractivity contribution is 5.94. The summed E-state index contributed by atoms with van der Waals surface area (Å²) < 4.78 is 1.74. The first kappa shape index (κ1) is 15.6. The highest BCUT2D eigenvalue weighted by Crippen LogP contribution is 2.31. The number of aliphatic hydroxyl groups excluding tert-OH is 1. The number of benzene rings is 2. The Morgan fingerprint density at radius 1 is 1.16 bits per heavy atom. The van der Waals surface area contributed by atoms with Crippen LogP contribution in [0.1, 0.15) is 33.1 Å². The van der Waals surface area contributed by atoms with Gasteiger partial charge < -0.3 is 10.4 Å². The summed E-state index contributed by atoms with van der Waals surface area (Å²) in [7, 11) is 0. The van der Waals surface area contributed by atoms with E-state index in [1.165, 1.54) is 0 Å². The first-order valence-corrected chi connectivity index (χ1v) is 8.34. The summed E-state index contributed by atoms with van der Waals surface area (Å²) in [5, 5.41) is 17.5. The van der Waals surface area contributed by atoms with Crippen molar-refractivity contribution in [3.05, 3.63) is 89.2 Å². The van der Waals surface area contributed by atoms with Crippen LogP contribution in [0.5, 0.6) is 0 Å². The van der Waals surface area contributed by atoms with Crippen LogP contribution in [0.2, 0.25) is 0 Å². The van der Waals surface area contributed by atoms with Crippen LogP contribution in [0.4, 0.5) is 0 Å². The Morgan fingerprint density at radius 3 is 2.76 bits per heavy atom. The maximum atomic E-state index is 12.5. The Morgan fingerprint density at radius 2 is 1.92 bits per heavy atom.